The van der Waals surface area contributed by atoms with E-state index in [2.05, 4.69) is 50.2 Å². The van der Waals surface area contributed by atoms with Gasteiger partial charge in [-0.15, -0.1) is 0 Å². The number of hydrogen-bond acceptors (Lipinski definition) is 2. The van der Waals surface area contributed by atoms with Gasteiger partial charge in [-0.05, 0) is 46.8 Å². The van der Waals surface area contributed by atoms with Crippen molar-refractivity contribution in [2.24, 2.45) is 0 Å². The van der Waals surface area contributed by atoms with Gasteiger partial charge in [-0.25, -0.2) is 0 Å². The molecule has 3 nitrogen and oxygen atoms in total. The summed E-state index contributed by atoms with van der Waals surface area (Å²) in [4.78, 5) is 2.36. The second-order valence-electron chi connectivity index (χ2n) is 4.55. The molecule has 0 aromatic heterocycles. The maximum absolute atomic E-state index is 5.09. The Morgan fingerprint density at radius 3 is 1.85 bits per heavy atom. The maximum atomic E-state index is 5.09. The smallest absolute Gasteiger partial charge is 0.168 e. The van der Waals surface area contributed by atoms with Crippen LogP contribution in [-0.4, -0.2) is 27.9 Å². The number of thiocarbonyl (C=S) groups is 1. The summed E-state index contributed by atoms with van der Waals surface area (Å²) in [5, 5.41) is 7.18. The van der Waals surface area contributed by atoms with Crippen molar-refractivity contribution in [1.29, 1.82) is 0 Å². The molecule has 1 aliphatic rings. The minimum absolute atomic E-state index is 0.148. The highest BCUT2D eigenvalue weighted by molar-refractivity contribution is 7.80. The molecule has 0 aromatic rings. The van der Waals surface area contributed by atoms with E-state index in [1.165, 1.54) is 0 Å². The molecular formula is C9H19N3S. The molecule has 2 atom stereocenters. The van der Waals surface area contributed by atoms with E-state index in [1.54, 1.807) is 0 Å². The first kappa shape index (κ1) is 10.7. The Labute approximate surface area is 85.9 Å². The van der Waals surface area contributed by atoms with Gasteiger partial charge in [0.15, 0.2) is 5.11 Å². The van der Waals surface area contributed by atoms with Crippen molar-refractivity contribution in [3.05, 3.63) is 0 Å². The van der Waals surface area contributed by atoms with Gasteiger partial charge in [0.25, 0.3) is 0 Å². The van der Waals surface area contributed by atoms with Crippen LogP contribution in [0.5, 0.6) is 0 Å². The van der Waals surface area contributed by atoms with Gasteiger partial charge in [-0.3, -0.25) is 4.90 Å². The van der Waals surface area contributed by atoms with Crippen LogP contribution in [-0.2, 0) is 0 Å². The third-order valence-electron chi connectivity index (χ3n) is 2.29. The van der Waals surface area contributed by atoms with E-state index in [9.17, 15) is 0 Å². The Kier molecular flexibility index (Phi) is 2.82. The Morgan fingerprint density at radius 2 is 1.54 bits per heavy atom. The molecule has 76 valence electrons. The summed E-state index contributed by atoms with van der Waals surface area (Å²) >= 11 is 5.09. The molecule has 4 heteroatoms. The van der Waals surface area contributed by atoms with Crippen molar-refractivity contribution < 1.29 is 0 Å². The van der Waals surface area contributed by atoms with E-state index in [0.29, 0.717) is 12.3 Å². The lowest BCUT2D eigenvalue weighted by Crippen LogP contribution is -2.68. The fourth-order valence-corrected chi connectivity index (χ4v) is 2.40. The minimum atomic E-state index is 0.148. The summed E-state index contributed by atoms with van der Waals surface area (Å²) in [7, 11) is 0. The Bertz CT molecular complexity index is 195. The van der Waals surface area contributed by atoms with Crippen LogP contribution in [0.4, 0.5) is 0 Å². The Balaban J connectivity index is 2.78. The van der Waals surface area contributed by atoms with Crippen LogP contribution in [0, 0.1) is 0 Å². The molecule has 1 aliphatic heterocycles. The van der Waals surface area contributed by atoms with Crippen LogP contribution >= 0.6 is 12.2 Å². The quantitative estimate of drug-likeness (QED) is 0.577. The van der Waals surface area contributed by atoms with Crippen LogP contribution in [0.3, 0.4) is 0 Å². The monoisotopic (exact) mass is 201 g/mol. The average Bonchev–Trinajstić information content (AvgIpc) is 1.78. The van der Waals surface area contributed by atoms with Gasteiger partial charge in [-0.1, -0.05) is 0 Å². The van der Waals surface area contributed by atoms with Crippen molar-refractivity contribution in [1.82, 2.24) is 15.5 Å². The van der Waals surface area contributed by atoms with E-state index in [4.69, 9.17) is 12.2 Å². The Hall–Kier alpha value is -0.350. The second-order valence-corrected chi connectivity index (χ2v) is 4.96. The molecule has 1 heterocycles. The molecule has 0 saturated carbocycles. The van der Waals surface area contributed by atoms with Gasteiger partial charge < -0.3 is 10.6 Å². The first-order valence-corrected chi connectivity index (χ1v) is 5.08. The van der Waals surface area contributed by atoms with E-state index in [1.807, 2.05) is 0 Å². The molecule has 0 bridgehead atoms. The summed E-state index contributed by atoms with van der Waals surface area (Å²) < 4.78 is 0. The standard InChI is InChI=1S/C9H19N3S/c1-6-10-8(13)11-7(2)12(6)9(3,4)5/h6-7H,1-5H3,(H2,10,11,13). The first-order valence-electron chi connectivity index (χ1n) is 4.68. The molecule has 0 amide bonds. The molecule has 1 saturated heterocycles. The number of nitrogens with one attached hydrogen (secondary N) is 2. The van der Waals surface area contributed by atoms with Crippen LogP contribution in [0.2, 0.25) is 0 Å². The predicted octanol–water partition coefficient (Wildman–Crippen LogP) is 1.26. The highest BCUT2D eigenvalue weighted by atomic mass is 32.1. The molecule has 0 spiro atoms. The molecular weight excluding hydrogens is 182 g/mol. The predicted molar refractivity (Wildman–Crippen MR) is 59.4 cm³/mol. The number of nitrogens with zero attached hydrogens (tertiary/aromatic N) is 1. The molecule has 2 N–H and O–H groups in total. The lowest BCUT2D eigenvalue weighted by atomic mass is 10.0. The van der Waals surface area contributed by atoms with E-state index in [0.717, 1.165) is 5.11 Å². The van der Waals surface area contributed by atoms with Crippen molar-refractivity contribution in [2.75, 3.05) is 0 Å². The van der Waals surface area contributed by atoms with Crippen LogP contribution in [0.25, 0.3) is 0 Å². The lowest BCUT2D eigenvalue weighted by Gasteiger charge is -2.48. The normalized spacial score (nSPS) is 31.0. The molecule has 1 fully saturated rings. The van der Waals surface area contributed by atoms with Crippen molar-refractivity contribution in [2.45, 2.75) is 52.5 Å². The third kappa shape index (κ3) is 2.31. The lowest BCUT2D eigenvalue weighted by molar-refractivity contribution is 0.0222. The van der Waals surface area contributed by atoms with Gasteiger partial charge in [-0.2, -0.15) is 0 Å². The van der Waals surface area contributed by atoms with Crippen molar-refractivity contribution in [3.8, 4) is 0 Å². The first-order chi connectivity index (χ1) is 5.82. The van der Waals surface area contributed by atoms with E-state index < -0.39 is 0 Å². The third-order valence-corrected chi connectivity index (χ3v) is 2.52. The summed E-state index contributed by atoms with van der Waals surface area (Å²) in [6.07, 6.45) is 0.590. The fourth-order valence-electron chi connectivity index (χ4n) is 2.06. The zero-order valence-corrected chi connectivity index (χ0v) is 9.83. The van der Waals surface area contributed by atoms with Gasteiger partial charge in [0.2, 0.25) is 0 Å². The molecule has 0 aromatic carbocycles. The summed E-state index contributed by atoms with van der Waals surface area (Å²) in [6.45, 7) is 10.9. The van der Waals surface area contributed by atoms with E-state index in [-0.39, 0.29) is 5.54 Å². The van der Waals surface area contributed by atoms with Crippen LogP contribution in [0.1, 0.15) is 34.6 Å². The Morgan fingerprint density at radius 1 is 1.15 bits per heavy atom. The zero-order valence-electron chi connectivity index (χ0n) is 9.01. The van der Waals surface area contributed by atoms with Gasteiger partial charge in [0, 0.05) is 5.54 Å². The highest BCUT2D eigenvalue weighted by Gasteiger charge is 2.34. The summed E-state index contributed by atoms with van der Waals surface area (Å²) in [5.41, 5.74) is 0.148. The molecule has 2 unspecified atom stereocenters. The van der Waals surface area contributed by atoms with Gasteiger partial charge >= 0.3 is 0 Å². The molecule has 1 rings (SSSR count). The molecule has 13 heavy (non-hydrogen) atoms. The zero-order chi connectivity index (χ0) is 10.2. The van der Waals surface area contributed by atoms with Gasteiger partial charge in [0.1, 0.15) is 0 Å². The molecule has 0 aliphatic carbocycles. The molecule has 0 radical (unpaired) electrons. The second kappa shape index (κ2) is 3.42. The number of hydrogen-bond donors (Lipinski definition) is 2. The van der Waals surface area contributed by atoms with Gasteiger partial charge in [0.05, 0.1) is 12.3 Å². The van der Waals surface area contributed by atoms with Crippen LogP contribution in [0.15, 0.2) is 0 Å². The highest BCUT2D eigenvalue weighted by Crippen LogP contribution is 2.20. The minimum Gasteiger partial charge on any atom is -0.347 e. The largest absolute Gasteiger partial charge is 0.347 e. The topological polar surface area (TPSA) is 27.3 Å². The fraction of sp³-hybridized carbons (Fsp3) is 0.889. The maximum Gasteiger partial charge on any atom is 0.168 e. The van der Waals surface area contributed by atoms with E-state index >= 15 is 0 Å². The number of rotatable bonds is 0. The summed E-state index contributed by atoms with van der Waals surface area (Å²) in [5.74, 6) is 0. The van der Waals surface area contributed by atoms with Crippen LogP contribution < -0.4 is 10.6 Å². The summed E-state index contributed by atoms with van der Waals surface area (Å²) in [6, 6.07) is 0. The van der Waals surface area contributed by atoms with Crippen molar-refractivity contribution >= 4 is 17.3 Å². The SMILES string of the molecule is CC1NC(=S)NC(C)N1C(C)(C)C. The van der Waals surface area contributed by atoms with Crippen molar-refractivity contribution in [3.63, 3.8) is 0 Å². The average molecular weight is 201 g/mol.